The smallest absolute Gasteiger partial charge is 0.432 e. The summed E-state index contributed by atoms with van der Waals surface area (Å²) in [5.41, 5.74) is -0.846. The second kappa shape index (κ2) is 14.2. The molecule has 0 radical (unpaired) electrons. The van der Waals surface area contributed by atoms with Crippen molar-refractivity contribution in [1.29, 1.82) is 0 Å². The third-order valence-electron chi connectivity index (χ3n) is 8.91. The molecule has 0 amide bonds. The van der Waals surface area contributed by atoms with Crippen LogP contribution in [0, 0.1) is 23.2 Å². The Morgan fingerprint density at radius 3 is 1.46 bits per heavy atom. The number of carbonyl (C=O) groups excluding carboxylic acids is 2. The fourth-order valence-corrected chi connectivity index (χ4v) is 9.89. The Morgan fingerprint density at radius 2 is 1.12 bits per heavy atom. The van der Waals surface area contributed by atoms with E-state index < -0.39 is 51.6 Å². The lowest BCUT2D eigenvalue weighted by Gasteiger charge is -2.55. The molecule has 4 aliphatic carbocycles. The number of hydrogen-bond acceptors (Lipinski definition) is 7. The molecule has 7 nitrogen and oxygen atoms in total. The van der Waals surface area contributed by atoms with Gasteiger partial charge in [0.15, 0.2) is 31.4 Å². The second-order valence-corrected chi connectivity index (χ2v) is 15.9. The molecule has 48 heavy (non-hydrogen) atoms. The van der Waals surface area contributed by atoms with Crippen LogP contribution < -0.4 is 0 Å². The van der Waals surface area contributed by atoms with E-state index in [9.17, 15) is 44.5 Å². The zero-order valence-corrected chi connectivity index (χ0v) is 27.1. The van der Waals surface area contributed by atoms with Crippen LogP contribution in [-0.2, 0) is 40.1 Å². The van der Waals surface area contributed by atoms with E-state index in [-0.39, 0.29) is 10.9 Å². The van der Waals surface area contributed by atoms with Crippen molar-refractivity contribution in [3.05, 3.63) is 91.0 Å². The van der Waals surface area contributed by atoms with E-state index in [0.717, 1.165) is 19.3 Å². The van der Waals surface area contributed by atoms with Gasteiger partial charge in [0.25, 0.3) is 6.10 Å². The van der Waals surface area contributed by atoms with Crippen molar-refractivity contribution in [3.63, 3.8) is 0 Å². The molecule has 4 bridgehead atoms. The number of esters is 2. The first kappa shape index (κ1) is 35.8. The third-order valence-corrected chi connectivity index (χ3v) is 12.0. The van der Waals surface area contributed by atoms with E-state index in [0.29, 0.717) is 37.0 Å². The number of carbonyl (C=O) groups is 2. The molecule has 0 N–H and O–H groups in total. The molecule has 7 rings (SSSR count). The van der Waals surface area contributed by atoms with Gasteiger partial charge < -0.3 is 14.0 Å². The Morgan fingerprint density at radius 1 is 0.750 bits per heavy atom. The molecule has 4 aliphatic rings. The first-order valence-electron chi connectivity index (χ1n) is 15.3. The largest absolute Gasteiger partial charge is 0.743 e. The number of benzene rings is 3. The maximum Gasteiger partial charge on any atom is 0.432 e. The maximum absolute atomic E-state index is 13.3. The van der Waals surface area contributed by atoms with E-state index in [1.54, 1.807) is 0 Å². The highest BCUT2D eigenvalue weighted by Crippen LogP contribution is 2.60. The second-order valence-electron chi connectivity index (χ2n) is 12.4. The van der Waals surface area contributed by atoms with E-state index >= 15 is 0 Å². The summed E-state index contributed by atoms with van der Waals surface area (Å²) in [4.78, 5) is 28.2. The van der Waals surface area contributed by atoms with Gasteiger partial charge in [-0.3, -0.25) is 4.79 Å². The molecule has 14 heteroatoms. The molecule has 4 fully saturated rings. The predicted octanol–water partition coefficient (Wildman–Crippen LogP) is 7.14. The minimum absolute atomic E-state index is 0.0146. The Labute approximate surface area is 277 Å². The van der Waals surface area contributed by atoms with Crippen LogP contribution in [0.1, 0.15) is 38.5 Å². The van der Waals surface area contributed by atoms with Gasteiger partial charge in [0.1, 0.15) is 0 Å². The quantitative estimate of drug-likeness (QED) is 0.100. The van der Waals surface area contributed by atoms with Gasteiger partial charge in [-0.2, -0.15) is 22.0 Å². The molecule has 0 heterocycles. The van der Waals surface area contributed by atoms with Gasteiger partial charge in [-0.15, -0.1) is 0 Å². The number of rotatable bonds is 9. The molecule has 4 saturated carbocycles. The van der Waals surface area contributed by atoms with Gasteiger partial charge in [0, 0.05) is 0 Å². The minimum Gasteiger partial charge on any atom is -0.743 e. The van der Waals surface area contributed by atoms with Gasteiger partial charge in [0.2, 0.25) is 0 Å². The lowest BCUT2D eigenvalue weighted by Crippen LogP contribution is -2.53. The van der Waals surface area contributed by atoms with Crippen molar-refractivity contribution in [3.8, 4) is 0 Å². The van der Waals surface area contributed by atoms with E-state index in [1.807, 2.05) is 0 Å². The van der Waals surface area contributed by atoms with Crippen LogP contribution >= 0.6 is 0 Å². The summed E-state index contributed by atoms with van der Waals surface area (Å²) in [6, 6.07) is 32.2. The third kappa shape index (κ3) is 8.03. The summed E-state index contributed by atoms with van der Waals surface area (Å²) in [7, 11) is -6.80. The molecule has 258 valence electrons. The van der Waals surface area contributed by atoms with Crippen molar-refractivity contribution in [2.75, 3.05) is 6.61 Å². The lowest BCUT2D eigenvalue weighted by atomic mass is 9.49. The van der Waals surface area contributed by atoms with Crippen LogP contribution in [0.4, 0.5) is 22.0 Å². The van der Waals surface area contributed by atoms with Gasteiger partial charge in [0.05, 0.1) is 16.3 Å². The van der Waals surface area contributed by atoms with Crippen molar-refractivity contribution >= 4 is 33.0 Å². The molecule has 0 aromatic heterocycles. The van der Waals surface area contributed by atoms with Crippen LogP contribution in [0.25, 0.3) is 0 Å². The molecular weight excluding hydrogens is 679 g/mol. The van der Waals surface area contributed by atoms with Crippen LogP contribution in [0.2, 0.25) is 0 Å². The number of hydrogen-bond donors (Lipinski definition) is 0. The Bertz CT molecular complexity index is 1540. The fraction of sp³-hybridized carbons (Fsp3) is 0.412. The molecule has 3 aromatic carbocycles. The standard InChI is InChI=1S/C18H15S.C16H19F5O7S/c1-4-10-16(11-5-1)19(17-12-6-2-7-13-17)18-14-8-3-9-15-18;17-15(18,19)12(16(20,21)29(24,25)26)28-11(22)7-27-13(23)14-4-8-1-9(5-14)3-10(2-8)6-14/h1-15H;8-10,12H,1-7H2,(H,24,25,26)/q+1;/p-1. The van der Waals surface area contributed by atoms with Crippen molar-refractivity contribution in [2.45, 2.75) is 70.7 Å². The predicted molar refractivity (Wildman–Crippen MR) is 164 cm³/mol. The highest BCUT2D eigenvalue weighted by molar-refractivity contribution is 7.97. The molecule has 0 aliphatic heterocycles. The van der Waals surface area contributed by atoms with Gasteiger partial charge in [-0.25, -0.2) is 13.2 Å². The normalized spacial score (nSPS) is 23.9. The zero-order chi connectivity index (χ0) is 34.7. The molecule has 0 spiro atoms. The first-order valence-corrected chi connectivity index (χ1v) is 17.9. The molecular formula is C34H33F5O7S2. The van der Waals surface area contributed by atoms with Gasteiger partial charge in [-0.1, -0.05) is 54.6 Å². The van der Waals surface area contributed by atoms with E-state index in [2.05, 4.69) is 95.7 Å². The summed E-state index contributed by atoms with van der Waals surface area (Å²) >= 11 is 0. The van der Waals surface area contributed by atoms with Crippen LogP contribution in [0.3, 0.4) is 0 Å². The van der Waals surface area contributed by atoms with Crippen LogP contribution in [-0.4, -0.2) is 49.1 Å². The van der Waals surface area contributed by atoms with E-state index in [4.69, 9.17) is 4.74 Å². The summed E-state index contributed by atoms with van der Waals surface area (Å²) in [6.07, 6.45) is -6.00. The molecule has 1 atom stereocenters. The molecule has 1 unspecified atom stereocenters. The number of ether oxygens (including phenoxy) is 2. The first-order chi connectivity index (χ1) is 22.6. The van der Waals surface area contributed by atoms with Crippen LogP contribution in [0.15, 0.2) is 106 Å². The lowest BCUT2D eigenvalue weighted by molar-refractivity contribution is -0.260. The topological polar surface area (TPSA) is 110 Å². The van der Waals surface area contributed by atoms with Crippen molar-refractivity contribution < 1.29 is 54.0 Å². The Balaban J connectivity index is 0.000000204. The highest BCUT2D eigenvalue weighted by Gasteiger charge is 2.63. The summed E-state index contributed by atoms with van der Waals surface area (Å²) in [5, 5.41) is -5.94. The molecule has 0 saturated heterocycles. The van der Waals surface area contributed by atoms with E-state index in [1.165, 1.54) is 14.7 Å². The van der Waals surface area contributed by atoms with Crippen molar-refractivity contribution in [2.24, 2.45) is 23.2 Å². The highest BCUT2D eigenvalue weighted by atomic mass is 32.2. The number of alkyl halides is 5. The number of halogens is 5. The zero-order valence-electron chi connectivity index (χ0n) is 25.5. The molecule has 3 aromatic rings. The van der Waals surface area contributed by atoms with Gasteiger partial charge >= 0.3 is 23.4 Å². The SMILES string of the molecule is O=C(COC(=O)C12CC3CC(CC(C3)C1)C2)OC(C(F)(F)F)C(F)(F)S(=O)(=O)[O-].c1ccc([S+](c2ccccc2)c2ccccc2)cc1. The Hall–Kier alpha value is -3.49. The van der Waals surface area contributed by atoms with Gasteiger partial charge in [-0.05, 0) is 92.7 Å². The monoisotopic (exact) mass is 712 g/mol. The summed E-state index contributed by atoms with van der Waals surface area (Å²) in [6.45, 7) is -1.40. The maximum atomic E-state index is 13.3. The summed E-state index contributed by atoms with van der Waals surface area (Å²) < 4.78 is 105. The average molecular weight is 713 g/mol. The average Bonchev–Trinajstić information content (AvgIpc) is 3.03. The van der Waals surface area contributed by atoms with Crippen LogP contribution in [0.5, 0.6) is 0 Å². The fourth-order valence-electron chi connectivity index (χ4n) is 7.34. The Kier molecular flexibility index (Phi) is 10.6. The summed E-state index contributed by atoms with van der Waals surface area (Å²) in [5.74, 6) is -1.85. The minimum atomic E-state index is -6.78. The van der Waals surface area contributed by atoms with Crippen molar-refractivity contribution in [1.82, 2.24) is 0 Å².